The Morgan fingerprint density at radius 2 is 1.77 bits per heavy atom. The number of hydrazone groups is 1. The number of carboxylic acids is 1. The number of halogens is 1. The summed E-state index contributed by atoms with van der Waals surface area (Å²) in [4.78, 5) is 36.6. The van der Waals surface area contributed by atoms with Crippen LogP contribution in [0.2, 0.25) is 5.02 Å². The number of carbonyl (C=O) groups is 3. The van der Waals surface area contributed by atoms with Crippen LogP contribution in [0.1, 0.15) is 29.0 Å². The predicted octanol–water partition coefficient (Wildman–Crippen LogP) is 3.83. The molecule has 1 saturated carbocycles. The van der Waals surface area contributed by atoms with E-state index in [-0.39, 0.29) is 46.1 Å². The van der Waals surface area contributed by atoms with E-state index in [1.807, 2.05) is 0 Å². The van der Waals surface area contributed by atoms with Crippen LogP contribution in [-0.2, 0) is 9.59 Å². The first-order chi connectivity index (χ1) is 14.4. The molecular formula is C22H17ClN2O5. The first-order valence-corrected chi connectivity index (χ1v) is 10.0. The van der Waals surface area contributed by atoms with Gasteiger partial charge in [-0.2, -0.15) is 10.1 Å². The molecule has 4 aliphatic rings. The molecule has 0 unspecified atom stereocenters. The van der Waals surface area contributed by atoms with Crippen LogP contribution in [0.3, 0.4) is 0 Å². The highest BCUT2D eigenvalue weighted by Crippen LogP contribution is 2.49. The predicted molar refractivity (Wildman–Crippen MR) is 108 cm³/mol. The van der Waals surface area contributed by atoms with Gasteiger partial charge in [-0.1, -0.05) is 29.8 Å². The summed E-state index contributed by atoms with van der Waals surface area (Å²) in [6, 6.07) is 7.84. The minimum absolute atomic E-state index is 0.00439. The Kier molecular flexibility index (Phi) is 4.36. The van der Waals surface area contributed by atoms with E-state index < -0.39 is 5.97 Å². The van der Waals surface area contributed by atoms with Crippen molar-refractivity contribution in [2.45, 2.75) is 12.8 Å². The lowest BCUT2D eigenvalue weighted by molar-refractivity contribution is -0.140. The smallest absolute Gasteiger partial charge is 0.337 e. The van der Waals surface area contributed by atoms with Crippen molar-refractivity contribution in [3.8, 4) is 11.3 Å². The highest BCUT2D eigenvalue weighted by molar-refractivity contribution is 6.33. The highest BCUT2D eigenvalue weighted by atomic mass is 35.5. The first kappa shape index (κ1) is 18.8. The van der Waals surface area contributed by atoms with Crippen molar-refractivity contribution in [3.05, 3.63) is 58.8 Å². The minimum atomic E-state index is -1.11. The van der Waals surface area contributed by atoms with Crippen LogP contribution in [0.5, 0.6) is 0 Å². The summed E-state index contributed by atoms with van der Waals surface area (Å²) >= 11 is 6.01. The summed E-state index contributed by atoms with van der Waals surface area (Å²) in [6.07, 6.45) is 7.34. The topological polar surface area (TPSA) is 100 Å². The van der Waals surface area contributed by atoms with Gasteiger partial charge in [0.15, 0.2) is 0 Å². The van der Waals surface area contributed by atoms with Crippen LogP contribution < -0.4 is 0 Å². The molecule has 4 atom stereocenters. The number of hydrogen-bond donors (Lipinski definition) is 1. The molecule has 0 radical (unpaired) electrons. The number of imide groups is 1. The number of fused-ring (bicyclic) bond motifs is 1. The van der Waals surface area contributed by atoms with Gasteiger partial charge in [-0.05, 0) is 48.9 Å². The molecular weight excluding hydrogens is 408 g/mol. The second kappa shape index (κ2) is 6.95. The summed E-state index contributed by atoms with van der Waals surface area (Å²) in [7, 11) is 0. The molecule has 1 N–H and O–H groups in total. The molecule has 30 heavy (non-hydrogen) atoms. The molecule has 2 bridgehead atoms. The Morgan fingerprint density at radius 1 is 1.10 bits per heavy atom. The van der Waals surface area contributed by atoms with Crippen LogP contribution in [0.4, 0.5) is 0 Å². The van der Waals surface area contributed by atoms with Crippen LogP contribution in [0, 0.1) is 23.7 Å². The summed E-state index contributed by atoms with van der Waals surface area (Å²) < 4.78 is 5.71. The number of carbonyl (C=O) groups excluding carboxylic acids is 2. The van der Waals surface area contributed by atoms with Gasteiger partial charge in [0.25, 0.3) is 11.8 Å². The third-order valence-corrected chi connectivity index (χ3v) is 6.46. The number of hydrogen-bond acceptors (Lipinski definition) is 5. The number of nitrogens with zero attached hydrogens (tertiary/aromatic N) is 2. The van der Waals surface area contributed by atoms with Crippen LogP contribution >= 0.6 is 11.6 Å². The largest absolute Gasteiger partial charge is 0.478 e. The zero-order valence-corrected chi connectivity index (χ0v) is 16.5. The number of allylic oxidation sites excluding steroid dienone is 2. The van der Waals surface area contributed by atoms with E-state index >= 15 is 0 Å². The molecule has 1 aromatic carbocycles. The van der Waals surface area contributed by atoms with Gasteiger partial charge in [-0.25, -0.2) is 4.79 Å². The summed E-state index contributed by atoms with van der Waals surface area (Å²) in [5, 5.41) is 14.3. The van der Waals surface area contributed by atoms with Crippen molar-refractivity contribution < 1.29 is 23.9 Å². The van der Waals surface area contributed by atoms with Crippen LogP contribution in [-0.4, -0.2) is 34.1 Å². The normalized spacial score (nSPS) is 27.3. The summed E-state index contributed by atoms with van der Waals surface area (Å²) in [5.74, 6) is -1.16. The fourth-order valence-electron chi connectivity index (χ4n) is 4.71. The lowest BCUT2D eigenvalue weighted by Gasteiger charge is -2.37. The van der Waals surface area contributed by atoms with Crippen molar-refractivity contribution in [1.82, 2.24) is 5.01 Å². The SMILES string of the molecule is O=C(O)c1ccc(-c2ccc(/C=N\N3C(=O)[C@H]4[C@H](C3=O)[C@H]3C=C[C@H]4CC3)o2)cc1Cl. The summed E-state index contributed by atoms with van der Waals surface area (Å²) in [5.41, 5.74) is 0.608. The van der Waals surface area contributed by atoms with Gasteiger partial charge in [0.2, 0.25) is 0 Å². The third-order valence-electron chi connectivity index (χ3n) is 6.15. The maximum atomic E-state index is 12.8. The number of benzene rings is 1. The fourth-order valence-corrected chi connectivity index (χ4v) is 4.97. The average Bonchev–Trinajstić information content (AvgIpc) is 3.31. The second-order valence-corrected chi connectivity index (χ2v) is 8.18. The monoisotopic (exact) mass is 424 g/mol. The number of aromatic carboxylic acids is 1. The Hall–Kier alpha value is -3.19. The van der Waals surface area contributed by atoms with Gasteiger partial charge in [-0.15, -0.1) is 0 Å². The molecule has 152 valence electrons. The molecule has 3 aliphatic carbocycles. The Balaban J connectivity index is 1.36. The van der Waals surface area contributed by atoms with Crippen LogP contribution in [0.15, 0.2) is 52.0 Å². The molecule has 7 nitrogen and oxygen atoms in total. The number of carboxylic acid groups (broad SMARTS) is 1. The lowest BCUT2D eigenvalue weighted by atomic mass is 9.63. The van der Waals surface area contributed by atoms with Crippen LogP contribution in [0.25, 0.3) is 11.3 Å². The lowest BCUT2D eigenvalue weighted by Crippen LogP contribution is -2.38. The van der Waals surface area contributed by atoms with Gasteiger partial charge < -0.3 is 9.52 Å². The number of furan rings is 1. The van der Waals surface area contributed by atoms with Gasteiger partial charge in [0.05, 0.1) is 28.6 Å². The molecule has 0 spiro atoms. The summed E-state index contributed by atoms with van der Waals surface area (Å²) in [6.45, 7) is 0. The van der Waals surface area contributed by atoms with Crippen molar-refractivity contribution in [2.75, 3.05) is 0 Å². The molecule has 1 aromatic heterocycles. The minimum Gasteiger partial charge on any atom is -0.478 e. The molecule has 1 saturated heterocycles. The molecule has 2 fully saturated rings. The zero-order chi connectivity index (χ0) is 21.0. The average molecular weight is 425 g/mol. The van der Waals surface area contributed by atoms with Gasteiger partial charge in [-0.3, -0.25) is 9.59 Å². The van der Waals surface area contributed by atoms with E-state index in [1.165, 1.54) is 18.3 Å². The maximum absolute atomic E-state index is 12.8. The molecule has 2 aromatic rings. The fraction of sp³-hybridized carbons (Fsp3) is 0.273. The molecule has 2 heterocycles. The Morgan fingerprint density at radius 3 is 2.33 bits per heavy atom. The number of rotatable bonds is 4. The number of amides is 2. The standard InChI is InChI=1S/C22H17ClN2O5/c23-16-9-13(5-7-15(16)22(28)29)17-8-6-14(30-17)10-24-25-20(26)18-11-1-2-12(4-3-11)19(18)21(25)27/h1-2,5-12,18-19H,3-4H2,(H,28,29)/b24-10-/t11-,12-,18+,19+/m0/s1. The molecule has 6 rings (SSSR count). The Labute approximate surface area is 176 Å². The third kappa shape index (κ3) is 2.89. The second-order valence-electron chi connectivity index (χ2n) is 7.78. The zero-order valence-electron chi connectivity index (χ0n) is 15.7. The molecule has 2 amide bonds. The van der Waals surface area contributed by atoms with Crippen molar-refractivity contribution in [3.63, 3.8) is 0 Å². The molecule has 8 heteroatoms. The van der Waals surface area contributed by atoms with E-state index in [1.54, 1.807) is 18.2 Å². The molecule has 1 aliphatic heterocycles. The first-order valence-electron chi connectivity index (χ1n) is 9.67. The van der Waals surface area contributed by atoms with E-state index in [4.69, 9.17) is 21.1 Å². The van der Waals surface area contributed by atoms with Gasteiger partial charge in [0.1, 0.15) is 11.5 Å². The van der Waals surface area contributed by atoms with E-state index in [0.29, 0.717) is 17.1 Å². The van der Waals surface area contributed by atoms with Crippen molar-refractivity contribution >= 4 is 35.6 Å². The van der Waals surface area contributed by atoms with E-state index in [9.17, 15) is 14.4 Å². The van der Waals surface area contributed by atoms with Crippen molar-refractivity contribution in [2.24, 2.45) is 28.8 Å². The quantitative estimate of drug-likeness (QED) is 0.456. The Bertz CT molecular complexity index is 1100. The van der Waals surface area contributed by atoms with Gasteiger partial charge in [0, 0.05) is 5.56 Å². The van der Waals surface area contributed by atoms with E-state index in [2.05, 4.69) is 17.3 Å². The van der Waals surface area contributed by atoms with Crippen molar-refractivity contribution in [1.29, 1.82) is 0 Å². The highest BCUT2D eigenvalue weighted by Gasteiger charge is 2.56. The van der Waals surface area contributed by atoms with E-state index in [0.717, 1.165) is 17.9 Å². The van der Waals surface area contributed by atoms with Gasteiger partial charge >= 0.3 is 5.97 Å². The maximum Gasteiger partial charge on any atom is 0.337 e.